The summed E-state index contributed by atoms with van der Waals surface area (Å²) < 4.78 is 0. The number of rotatable bonds is 0. The number of hydrogen-bond acceptors (Lipinski definition) is 3. The van der Waals surface area contributed by atoms with Crippen LogP contribution < -0.4 is 0 Å². The maximum absolute atomic E-state index is 10.5. The summed E-state index contributed by atoms with van der Waals surface area (Å²) in [6.07, 6.45) is 10.5. The molecule has 7 atom stereocenters. The minimum atomic E-state index is -0.0662. The Hall–Kier alpha value is -0.570. The van der Waals surface area contributed by atoms with Gasteiger partial charge in [0, 0.05) is 0 Å². The zero-order chi connectivity index (χ0) is 15.5. The van der Waals surface area contributed by atoms with Crippen molar-refractivity contribution in [1.29, 1.82) is 0 Å². The first-order chi connectivity index (χ1) is 10.5. The highest BCUT2D eigenvalue weighted by atomic mass is 16.4. The molecule has 4 rings (SSSR count). The monoisotopic (exact) mass is 305 g/mol. The Morgan fingerprint density at radius 3 is 2.50 bits per heavy atom. The minimum absolute atomic E-state index is 0.0662. The van der Waals surface area contributed by atoms with Gasteiger partial charge in [0.05, 0.1) is 11.8 Å². The Morgan fingerprint density at radius 2 is 1.73 bits per heavy atom. The fourth-order valence-electron chi connectivity index (χ4n) is 7.12. The number of aliphatic hydroxyl groups is 1. The number of hydrogen-bond donors (Lipinski definition) is 2. The first kappa shape index (κ1) is 15.0. The standard InChI is InChI=1S/C19H31NO2/c1-18-9-7-13(20-22)11-12(18)3-4-14-15-5-6-17(21)19(15,2)10-8-16(14)18/h12,14-17,21-22H,3-11H2,1-2H3/t12-,14-,15+,16-,17-,18-,19-/m0/s1. The van der Waals surface area contributed by atoms with Crippen molar-refractivity contribution >= 4 is 5.71 Å². The van der Waals surface area contributed by atoms with E-state index in [9.17, 15) is 5.11 Å². The number of fused-ring (bicyclic) bond motifs is 5. The van der Waals surface area contributed by atoms with Crippen molar-refractivity contribution < 1.29 is 10.3 Å². The van der Waals surface area contributed by atoms with E-state index in [0.717, 1.165) is 42.7 Å². The molecule has 0 radical (unpaired) electrons. The largest absolute Gasteiger partial charge is 0.411 e. The Morgan fingerprint density at radius 1 is 0.955 bits per heavy atom. The van der Waals surface area contributed by atoms with Gasteiger partial charge in [-0.05, 0) is 92.3 Å². The van der Waals surface area contributed by atoms with Crippen molar-refractivity contribution in [2.75, 3.05) is 0 Å². The number of oxime groups is 1. The fourth-order valence-corrected chi connectivity index (χ4v) is 7.12. The van der Waals surface area contributed by atoms with Gasteiger partial charge in [0.2, 0.25) is 0 Å². The first-order valence-corrected chi connectivity index (χ1v) is 9.37. The molecule has 4 aliphatic carbocycles. The summed E-state index contributed by atoms with van der Waals surface area (Å²) in [5.74, 6) is 3.11. The van der Waals surface area contributed by atoms with Crippen molar-refractivity contribution in [3.63, 3.8) is 0 Å². The second kappa shape index (κ2) is 4.96. The van der Waals surface area contributed by atoms with Crippen LogP contribution in [0.4, 0.5) is 0 Å². The lowest BCUT2D eigenvalue weighted by Gasteiger charge is -2.60. The minimum Gasteiger partial charge on any atom is -0.411 e. The van der Waals surface area contributed by atoms with Gasteiger partial charge in [0.25, 0.3) is 0 Å². The highest BCUT2D eigenvalue weighted by Crippen LogP contribution is 2.65. The van der Waals surface area contributed by atoms with Crippen LogP contribution in [-0.2, 0) is 0 Å². The normalized spacial score (nSPS) is 56.3. The van der Waals surface area contributed by atoms with Crippen LogP contribution in [0.1, 0.15) is 71.6 Å². The maximum atomic E-state index is 10.5. The van der Waals surface area contributed by atoms with Gasteiger partial charge in [0.15, 0.2) is 0 Å². The number of nitrogens with zero attached hydrogens (tertiary/aromatic N) is 1. The third-order valence-corrected chi connectivity index (χ3v) is 8.59. The molecule has 0 aliphatic heterocycles. The zero-order valence-corrected chi connectivity index (χ0v) is 14.1. The van der Waals surface area contributed by atoms with E-state index in [1.165, 1.54) is 38.5 Å². The molecule has 124 valence electrons. The molecule has 22 heavy (non-hydrogen) atoms. The molecule has 0 amide bonds. The molecule has 0 heterocycles. The SMILES string of the molecule is C[C@]12CC[C@H]3[C@@H](CC[C@H]4CC(=NO)CC[C@@]43C)[C@H]1CC[C@@H]2O. The molecule has 0 aromatic carbocycles. The molecule has 2 N–H and O–H groups in total. The van der Waals surface area contributed by atoms with E-state index in [1.807, 2.05) is 0 Å². The summed E-state index contributed by atoms with van der Waals surface area (Å²) in [6.45, 7) is 4.88. The molecule has 0 bridgehead atoms. The predicted molar refractivity (Wildman–Crippen MR) is 87.0 cm³/mol. The van der Waals surface area contributed by atoms with Gasteiger partial charge in [-0.25, -0.2) is 0 Å². The zero-order valence-electron chi connectivity index (χ0n) is 14.1. The van der Waals surface area contributed by atoms with Crippen molar-refractivity contribution in [3.05, 3.63) is 0 Å². The van der Waals surface area contributed by atoms with E-state index in [-0.39, 0.29) is 11.5 Å². The Labute approximate surface area is 134 Å². The Balaban J connectivity index is 1.62. The van der Waals surface area contributed by atoms with Crippen LogP contribution in [0.3, 0.4) is 0 Å². The van der Waals surface area contributed by atoms with Crippen molar-refractivity contribution in [1.82, 2.24) is 0 Å². The third kappa shape index (κ3) is 1.87. The maximum Gasteiger partial charge on any atom is 0.0596 e. The fraction of sp³-hybridized carbons (Fsp3) is 0.947. The molecular formula is C19H31NO2. The lowest BCUT2D eigenvalue weighted by molar-refractivity contribution is -0.112. The van der Waals surface area contributed by atoms with Crippen LogP contribution in [-0.4, -0.2) is 22.1 Å². The van der Waals surface area contributed by atoms with Gasteiger partial charge in [-0.2, -0.15) is 0 Å². The highest BCUT2D eigenvalue weighted by molar-refractivity contribution is 5.85. The summed E-state index contributed by atoms with van der Waals surface area (Å²) in [5.41, 5.74) is 1.65. The van der Waals surface area contributed by atoms with E-state index in [4.69, 9.17) is 5.21 Å². The molecule has 0 aromatic rings. The van der Waals surface area contributed by atoms with Crippen LogP contribution in [0.25, 0.3) is 0 Å². The molecular weight excluding hydrogens is 274 g/mol. The van der Waals surface area contributed by atoms with Crippen LogP contribution in [0.2, 0.25) is 0 Å². The van der Waals surface area contributed by atoms with Crippen molar-refractivity contribution in [2.24, 2.45) is 39.7 Å². The van der Waals surface area contributed by atoms with Gasteiger partial charge < -0.3 is 10.3 Å². The van der Waals surface area contributed by atoms with Crippen LogP contribution in [0.5, 0.6) is 0 Å². The molecule has 3 nitrogen and oxygen atoms in total. The Kier molecular flexibility index (Phi) is 3.38. The second-order valence-electron chi connectivity index (χ2n) is 9.16. The van der Waals surface area contributed by atoms with Crippen LogP contribution >= 0.6 is 0 Å². The molecule has 4 aliphatic rings. The van der Waals surface area contributed by atoms with Gasteiger partial charge in [0.1, 0.15) is 0 Å². The van der Waals surface area contributed by atoms with E-state index in [1.54, 1.807) is 0 Å². The van der Waals surface area contributed by atoms with Crippen LogP contribution in [0, 0.1) is 34.5 Å². The molecule has 4 fully saturated rings. The molecule has 4 saturated carbocycles. The molecule has 3 heteroatoms. The van der Waals surface area contributed by atoms with Gasteiger partial charge >= 0.3 is 0 Å². The summed E-state index contributed by atoms with van der Waals surface area (Å²) in [5, 5.41) is 23.2. The summed E-state index contributed by atoms with van der Waals surface area (Å²) >= 11 is 0. The third-order valence-electron chi connectivity index (χ3n) is 8.59. The number of aliphatic hydroxyl groups excluding tert-OH is 1. The quantitative estimate of drug-likeness (QED) is 0.520. The summed E-state index contributed by atoms with van der Waals surface area (Å²) in [6, 6.07) is 0. The van der Waals surface area contributed by atoms with E-state index < -0.39 is 0 Å². The average Bonchev–Trinajstić information content (AvgIpc) is 2.82. The van der Waals surface area contributed by atoms with Crippen molar-refractivity contribution in [2.45, 2.75) is 77.7 Å². The van der Waals surface area contributed by atoms with E-state index >= 15 is 0 Å². The molecule has 0 unspecified atom stereocenters. The topological polar surface area (TPSA) is 52.8 Å². The van der Waals surface area contributed by atoms with Gasteiger partial charge in [-0.15, -0.1) is 0 Å². The smallest absolute Gasteiger partial charge is 0.0596 e. The molecule has 0 spiro atoms. The second-order valence-corrected chi connectivity index (χ2v) is 9.16. The van der Waals surface area contributed by atoms with E-state index in [2.05, 4.69) is 19.0 Å². The molecule has 0 saturated heterocycles. The van der Waals surface area contributed by atoms with E-state index in [0.29, 0.717) is 11.3 Å². The molecule has 0 aromatic heterocycles. The first-order valence-electron chi connectivity index (χ1n) is 9.37. The van der Waals surface area contributed by atoms with Gasteiger partial charge in [-0.3, -0.25) is 0 Å². The van der Waals surface area contributed by atoms with Crippen molar-refractivity contribution in [3.8, 4) is 0 Å². The predicted octanol–water partition coefficient (Wildman–Crippen LogP) is 4.22. The van der Waals surface area contributed by atoms with Crippen LogP contribution in [0.15, 0.2) is 5.16 Å². The lowest BCUT2D eigenvalue weighted by atomic mass is 9.45. The highest BCUT2D eigenvalue weighted by Gasteiger charge is 2.59. The lowest BCUT2D eigenvalue weighted by Crippen LogP contribution is -2.54. The average molecular weight is 305 g/mol. The van der Waals surface area contributed by atoms with Gasteiger partial charge in [-0.1, -0.05) is 19.0 Å². The summed E-state index contributed by atoms with van der Waals surface area (Å²) in [7, 11) is 0. The Bertz CT molecular complexity index is 490. The summed E-state index contributed by atoms with van der Waals surface area (Å²) in [4.78, 5) is 0.